The molecule has 8 atom stereocenters. The highest BCUT2D eigenvalue weighted by atomic mass is 16.1. The van der Waals surface area contributed by atoms with E-state index in [0.717, 1.165) is 36.5 Å². The Hall–Kier alpha value is -0.330. The molecule has 0 saturated heterocycles. The third kappa shape index (κ3) is 2.21. The fraction of sp³-hybridized carbons (Fsp3) is 0.957. The second-order valence-electron chi connectivity index (χ2n) is 10.5. The predicted octanol–water partition coefficient (Wildman–Crippen LogP) is 6.26. The molecule has 4 saturated carbocycles. The number of hydrogen-bond acceptors (Lipinski definition) is 1. The molecule has 136 valence electrons. The maximum absolute atomic E-state index is 12.2. The van der Waals surface area contributed by atoms with E-state index in [2.05, 4.69) is 27.7 Å². The van der Waals surface area contributed by atoms with Crippen LogP contribution in [0.3, 0.4) is 0 Å². The van der Waals surface area contributed by atoms with Gasteiger partial charge in [0.2, 0.25) is 0 Å². The molecule has 0 bridgehead atoms. The summed E-state index contributed by atoms with van der Waals surface area (Å²) in [6, 6.07) is 0. The average Bonchev–Trinajstić information content (AvgIpc) is 2.86. The van der Waals surface area contributed by atoms with Crippen molar-refractivity contribution in [3.05, 3.63) is 0 Å². The highest BCUT2D eigenvalue weighted by molar-refractivity contribution is 5.80. The van der Waals surface area contributed by atoms with Crippen molar-refractivity contribution < 1.29 is 4.79 Å². The van der Waals surface area contributed by atoms with Crippen molar-refractivity contribution in [2.24, 2.45) is 46.3 Å². The molecule has 0 spiro atoms. The molecular formula is C23H38O. The molecule has 4 aliphatic rings. The van der Waals surface area contributed by atoms with Crippen molar-refractivity contribution in [1.29, 1.82) is 0 Å². The molecule has 1 heteroatoms. The number of rotatable bonds is 2. The number of carbonyl (C=O) groups is 1. The SMILES string of the molecule is CCC[C@@H]1CC[C@H]2[C@@H]3CC[C@H]4CC(=O)CC(C)[C@]4(C)[C@H]3CC[C@]12C. The van der Waals surface area contributed by atoms with Gasteiger partial charge in [-0.1, -0.05) is 40.5 Å². The van der Waals surface area contributed by atoms with E-state index in [1.54, 1.807) is 0 Å². The second kappa shape index (κ2) is 5.85. The van der Waals surface area contributed by atoms with Crippen LogP contribution in [-0.2, 0) is 4.79 Å². The van der Waals surface area contributed by atoms with Crippen molar-refractivity contribution in [3.8, 4) is 0 Å². The fourth-order valence-electron chi connectivity index (χ4n) is 8.41. The van der Waals surface area contributed by atoms with Gasteiger partial charge in [0.15, 0.2) is 0 Å². The molecule has 0 aliphatic heterocycles. The first kappa shape index (κ1) is 17.1. The van der Waals surface area contributed by atoms with Gasteiger partial charge in [-0.25, -0.2) is 0 Å². The van der Waals surface area contributed by atoms with Gasteiger partial charge in [0.05, 0.1) is 0 Å². The molecule has 0 heterocycles. The van der Waals surface area contributed by atoms with E-state index in [9.17, 15) is 4.79 Å². The monoisotopic (exact) mass is 330 g/mol. The number of fused-ring (bicyclic) bond motifs is 5. The summed E-state index contributed by atoms with van der Waals surface area (Å²) in [7, 11) is 0. The van der Waals surface area contributed by atoms with Gasteiger partial charge in [-0.2, -0.15) is 0 Å². The maximum atomic E-state index is 12.2. The third-order valence-electron chi connectivity index (χ3n) is 9.87. The van der Waals surface area contributed by atoms with Crippen LogP contribution in [0.25, 0.3) is 0 Å². The van der Waals surface area contributed by atoms with Crippen LogP contribution < -0.4 is 0 Å². The van der Waals surface area contributed by atoms with Crippen molar-refractivity contribution in [2.45, 2.75) is 91.9 Å². The zero-order valence-electron chi connectivity index (χ0n) is 16.4. The first-order valence-corrected chi connectivity index (χ1v) is 10.9. The van der Waals surface area contributed by atoms with Crippen LogP contribution >= 0.6 is 0 Å². The van der Waals surface area contributed by atoms with Crippen LogP contribution in [0.5, 0.6) is 0 Å². The zero-order valence-corrected chi connectivity index (χ0v) is 16.4. The summed E-state index contributed by atoms with van der Waals surface area (Å²) in [4.78, 5) is 12.2. The molecule has 0 aromatic rings. The summed E-state index contributed by atoms with van der Waals surface area (Å²) in [5.41, 5.74) is 1.08. The van der Waals surface area contributed by atoms with E-state index in [4.69, 9.17) is 0 Å². The van der Waals surface area contributed by atoms with Gasteiger partial charge in [-0.3, -0.25) is 4.79 Å². The predicted molar refractivity (Wildman–Crippen MR) is 99.7 cm³/mol. The Morgan fingerprint density at radius 2 is 1.79 bits per heavy atom. The summed E-state index contributed by atoms with van der Waals surface area (Å²) in [6.45, 7) is 10.0. The van der Waals surface area contributed by atoms with Crippen molar-refractivity contribution in [3.63, 3.8) is 0 Å². The average molecular weight is 331 g/mol. The lowest BCUT2D eigenvalue weighted by molar-refractivity contribution is -0.152. The van der Waals surface area contributed by atoms with E-state index in [1.807, 2.05) is 0 Å². The third-order valence-corrected chi connectivity index (χ3v) is 9.87. The minimum atomic E-state index is 0.445. The van der Waals surface area contributed by atoms with E-state index in [-0.39, 0.29) is 0 Å². The highest BCUT2D eigenvalue weighted by Gasteiger charge is 2.61. The van der Waals surface area contributed by atoms with Crippen molar-refractivity contribution in [2.75, 3.05) is 0 Å². The van der Waals surface area contributed by atoms with Gasteiger partial charge < -0.3 is 0 Å². The van der Waals surface area contributed by atoms with E-state index in [1.165, 1.54) is 51.4 Å². The molecular weight excluding hydrogens is 292 g/mol. The number of carbonyl (C=O) groups excluding carboxylic acids is 1. The molecule has 0 amide bonds. The number of ketones is 1. The Morgan fingerprint density at radius 3 is 2.54 bits per heavy atom. The van der Waals surface area contributed by atoms with Crippen LogP contribution in [0, 0.1) is 46.3 Å². The van der Waals surface area contributed by atoms with Crippen LogP contribution in [0.15, 0.2) is 0 Å². The maximum Gasteiger partial charge on any atom is 0.133 e. The van der Waals surface area contributed by atoms with Gasteiger partial charge in [0, 0.05) is 12.8 Å². The van der Waals surface area contributed by atoms with E-state index in [0.29, 0.717) is 28.4 Å². The largest absolute Gasteiger partial charge is 0.300 e. The van der Waals surface area contributed by atoms with E-state index < -0.39 is 0 Å². The molecule has 0 radical (unpaired) electrons. The topological polar surface area (TPSA) is 17.1 Å². The summed E-state index contributed by atoms with van der Waals surface area (Å²) in [5, 5.41) is 0. The molecule has 4 aliphatic carbocycles. The zero-order chi connectivity index (χ0) is 17.1. The normalized spacial score (nSPS) is 54.1. The molecule has 0 N–H and O–H groups in total. The molecule has 24 heavy (non-hydrogen) atoms. The van der Waals surface area contributed by atoms with Gasteiger partial charge in [0.25, 0.3) is 0 Å². The number of hydrogen-bond donors (Lipinski definition) is 0. The number of Topliss-reactive ketones (excluding diaryl/α,β-unsaturated/α-hetero) is 1. The fourth-order valence-corrected chi connectivity index (χ4v) is 8.41. The second-order valence-corrected chi connectivity index (χ2v) is 10.5. The molecule has 1 nitrogen and oxygen atoms in total. The molecule has 1 unspecified atom stereocenters. The Bertz CT molecular complexity index is 510. The van der Waals surface area contributed by atoms with Crippen LogP contribution in [-0.4, -0.2) is 5.78 Å². The Morgan fingerprint density at radius 1 is 1.00 bits per heavy atom. The van der Waals surface area contributed by atoms with Crippen LogP contribution in [0.4, 0.5) is 0 Å². The van der Waals surface area contributed by atoms with Gasteiger partial charge in [-0.05, 0) is 84.9 Å². The molecule has 0 aromatic heterocycles. The first-order chi connectivity index (χ1) is 11.4. The minimum absolute atomic E-state index is 0.445. The minimum Gasteiger partial charge on any atom is -0.300 e. The van der Waals surface area contributed by atoms with E-state index >= 15 is 0 Å². The molecule has 4 fully saturated rings. The first-order valence-electron chi connectivity index (χ1n) is 10.9. The lowest BCUT2D eigenvalue weighted by atomic mass is 9.42. The van der Waals surface area contributed by atoms with Gasteiger partial charge in [0.1, 0.15) is 5.78 Å². The Labute approximate surface area is 149 Å². The Balaban J connectivity index is 1.62. The van der Waals surface area contributed by atoms with Crippen molar-refractivity contribution in [1.82, 2.24) is 0 Å². The van der Waals surface area contributed by atoms with Crippen molar-refractivity contribution >= 4 is 5.78 Å². The summed E-state index contributed by atoms with van der Waals surface area (Å²) >= 11 is 0. The standard InChI is InChI=1S/C23H38O/c1-5-6-16-8-10-20-19-9-7-17-14-18(24)13-15(2)23(17,4)21(19)11-12-22(16,20)3/h15-17,19-21H,5-14H2,1-4H3/t15?,16-,17+,19+,20+,21+,22-,23+/m1/s1. The highest BCUT2D eigenvalue weighted by Crippen LogP contribution is 2.68. The Kier molecular flexibility index (Phi) is 4.17. The van der Waals surface area contributed by atoms with Crippen LogP contribution in [0.1, 0.15) is 91.9 Å². The summed E-state index contributed by atoms with van der Waals surface area (Å²) in [6.07, 6.45) is 13.2. The lowest BCUT2D eigenvalue weighted by Crippen LogP contribution is -2.56. The summed E-state index contributed by atoms with van der Waals surface area (Å²) < 4.78 is 0. The molecule has 4 rings (SSSR count). The van der Waals surface area contributed by atoms with Gasteiger partial charge >= 0.3 is 0 Å². The quantitative estimate of drug-likeness (QED) is 0.584. The molecule has 0 aromatic carbocycles. The lowest BCUT2D eigenvalue weighted by Gasteiger charge is -2.62. The smallest absolute Gasteiger partial charge is 0.133 e. The summed E-state index contributed by atoms with van der Waals surface area (Å²) in [5.74, 6) is 5.67. The van der Waals surface area contributed by atoms with Crippen LogP contribution in [0.2, 0.25) is 0 Å². The van der Waals surface area contributed by atoms with Gasteiger partial charge in [-0.15, -0.1) is 0 Å².